The third-order valence-electron chi connectivity index (χ3n) is 5.59. The van der Waals surface area contributed by atoms with Gasteiger partial charge in [-0.25, -0.2) is 24.0 Å². The van der Waals surface area contributed by atoms with E-state index in [-0.39, 0.29) is 107 Å². The third-order valence-corrected chi connectivity index (χ3v) is 5.59. The summed E-state index contributed by atoms with van der Waals surface area (Å²) in [5, 5.41) is 162. The number of carbonyl (C=O) groups is 5. The second-order valence-electron chi connectivity index (χ2n) is 12.9. The molecular weight excluding hydrogens is 912 g/mol. The number of aliphatic hydroxyl groups is 17. The highest BCUT2D eigenvalue weighted by Gasteiger charge is 2.33. The Balaban J connectivity index is -0.0000000854. The van der Waals surface area contributed by atoms with Crippen molar-refractivity contribution in [2.45, 2.75) is 65.1 Å². The topological polar surface area (TPSA) is 508 Å². The van der Waals surface area contributed by atoms with E-state index in [2.05, 4.69) is 32.9 Å². The first-order chi connectivity index (χ1) is 30.7. The van der Waals surface area contributed by atoms with Gasteiger partial charge in [0.2, 0.25) is 0 Å². The Morgan fingerprint density at radius 2 is 0.493 bits per heavy atom. The summed E-state index contributed by atoms with van der Waals surface area (Å²) >= 11 is 0. The Morgan fingerprint density at radius 1 is 0.358 bits per heavy atom. The Morgan fingerprint density at radius 3 is 0.552 bits per heavy atom. The van der Waals surface area contributed by atoms with Crippen LogP contribution in [0.15, 0.2) is 60.8 Å². The number of ether oxygens (including phenoxy) is 2. The van der Waals surface area contributed by atoms with Crippen LogP contribution in [-0.2, 0) is 33.4 Å². The average molecular weight is 991 g/mol. The van der Waals surface area contributed by atoms with Gasteiger partial charge in [0, 0.05) is 27.9 Å². The van der Waals surface area contributed by atoms with Crippen LogP contribution in [-0.4, -0.2) is 255 Å². The van der Waals surface area contributed by atoms with E-state index in [4.69, 9.17) is 101 Å². The molecule has 0 saturated carbocycles. The SMILES string of the molecule is C=C(C)C(=O)O.C=C(C)C(=O)O.C=C(C)C(=O)O.C=C(C)C(=O)OCC(CO)(CO)COC(=O)C(=C)C.OCC(O)CO.OCC(O)CO.OCC(O)CO.OCC(O)CO.OCC(O)CO. The number of rotatable bonds is 21. The van der Waals surface area contributed by atoms with Gasteiger partial charge in [-0.15, -0.1) is 0 Å². The lowest BCUT2D eigenvalue weighted by Crippen LogP contribution is -2.41. The molecule has 0 saturated heterocycles. The zero-order valence-electron chi connectivity index (χ0n) is 38.6. The van der Waals surface area contributed by atoms with Crippen molar-refractivity contribution in [3.8, 4) is 0 Å². The molecule has 67 heavy (non-hydrogen) atoms. The minimum atomic E-state index is -1.24. The van der Waals surface area contributed by atoms with Crippen LogP contribution in [0.2, 0.25) is 0 Å². The van der Waals surface area contributed by atoms with Crippen LogP contribution >= 0.6 is 0 Å². The summed E-state index contributed by atoms with van der Waals surface area (Å²) in [6.07, 6.45) is -4.77. The molecule has 0 spiro atoms. The van der Waals surface area contributed by atoms with E-state index in [1.807, 2.05) is 0 Å². The highest BCUT2D eigenvalue weighted by molar-refractivity contribution is 5.87. The summed E-state index contributed by atoms with van der Waals surface area (Å²) in [7, 11) is 0. The van der Waals surface area contributed by atoms with Gasteiger partial charge >= 0.3 is 29.8 Å². The second-order valence-corrected chi connectivity index (χ2v) is 12.9. The maximum absolute atomic E-state index is 11.3. The molecule has 0 amide bonds. The molecule has 0 unspecified atom stereocenters. The van der Waals surface area contributed by atoms with Gasteiger partial charge < -0.3 is 112 Å². The molecule has 20 N–H and O–H groups in total. The van der Waals surface area contributed by atoms with Crippen LogP contribution < -0.4 is 0 Å². The molecule has 400 valence electrons. The zero-order valence-corrected chi connectivity index (χ0v) is 38.6. The third kappa shape index (κ3) is 75.9. The fourth-order valence-corrected chi connectivity index (χ4v) is 1.25. The molecule has 0 heterocycles. The summed E-state index contributed by atoms with van der Waals surface area (Å²) in [5.74, 6) is -4.09. The minimum Gasteiger partial charge on any atom is -0.478 e. The molecule has 0 aliphatic rings. The molecule has 0 bridgehead atoms. The smallest absolute Gasteiger partial charge is 0.333 e. The number of carboxylic acids is 3. The van der Waals surface area contributed by atoms with E-state index in [9.17, 15) is 34.2 Å². The van der Waals surface area contributed by atoms with Crippen LogP contribution in [0.1, 0.15) is 34.6 Å². The standard InChI is InChI=1S/C13H20O6.3C4H6O2.5C3H8O3/c1-9(2)11(16)18-7-13(5-14,6-15)8-19-12(17)10(3)4;3*1-3(2)4(5)6;5*4-1-3(6)2-5/h14-15H,1,3,5-8H2,2,4H3;3*1H2,2H3,(H,5,6);5*3-6H,1-2H2. The highest BCUT2D eigenvalue weighted by atomic mass is 16.6. The fraction of sp³-hybridized carbons (Fsp3) is 0.625. The molecule has 0 aromatic heterocycles. The van der Waals surface area contributed by atoms with Gasteiger partial charge in [0.15, 0.2) is 0 Å². The van der Waals surface area contributed by atoms with E-state index < -0.39 is 79.0 Å². The van der Waals surface area contributed by atoms with Crippen LogP contribution in [0.4, 0.5) is 0 Å². The van der Waals surface area contributed by atoms with Crippen LogP contribution in [0.25, 0.3) is 0 Å². The Kier molecular flexibility index (Phi) is 70.8. The number of carbonyl (C=O) groups excluding carboxylic acids is 2. The summed E-state index contributed by atoms with van der Waals surface area (Å²) in [4.78, 5) is 51.3. The predicted molar refractivity (Wildman–Crippen MR) is 236 cm³/mol. The van der Waals surface area contributed by atoms with Gasteiger partial charge in [0.25, 0.3) is 0 Å². The van der Waals surface area contributed by atoms with Gasteiger partial charge in [-0.3, -0.25) is 0 Å². The molecule has 0 atom stereocenters. The second kappa shape index (κ2) is 57.5. The van der Waals surface area contributed by atoms with Crippen molar-refractivity contribution < 1.29 is 136 Å². The molecule has 0 rings (SSSR count). The number of hydrogen-bond acceptors (Lipinski definition) is 24. The molecule has 27 heteroatoms. The van der Waals surface area contributed by atoms with E-state index in [0.29, 0.717) is 0 Å². The first-order valence-corrected chi connectivity index (χ1v) is 18.8. The summed E-state index contributed by atoms with van der Waals surface area (Å²) < 4.78 is 9.74. The average Bonchev–Trinajstić information content (AvgIpc) is 3.31. The Hall–Kier alpha value is -4.63. The van der Waals surface area contributed by atoms with Crippen molar-refractivity contribution in [3.05, 3.63) is 60.8 Å². The van der Waals surface area contributed by atoms with Crippen molar-refractivity contribution in [3.63, 3.8) is 0 Å². The number of aliphatic hydroxyl groups excluding tert-OH is 17. The molecule has 0 aliphatic heterocycles. The first kappa shape index (κ1) is 82.5. The quantitative estimate of drug-likeness (QED) is 0.0376. The van der Waals surface area contributed by atoms with Gasteiger partial charge in [-0.2, -0.15) is 0 Å². The first-order valence-electron chi connectivity index (χ1n) is 18.8. The van der Waals surface area contributed by atoms with Gasteiger partial charge in [0.1, 0.15) is 43.7 Å². The molecule has 0 aromatic carbocycles. The molecule has 0 radical (unpaired) electrons. The molecule has 0 aromatic rings. The van der Waals surface area contributed by atoms with Crippen molar-refractivity contribution in [2.75, 3.05) is 92.5 Å². The maximum atomic E-state index is 11.3. The molecule has 0 fully saturated rings. The van der Waals surface area contributed by atoms with E-state index in [1.54, 1.807) is 0 Å². The predicted octanol–water partition coefficient (Wildman–Crippen LogP) is -6.20. The van der Waals surface area contributed by atoms with Crippen LogP contribution in [0.5, 0.6) is 0 Å². The fourth-order valence-electron chi connectivity index (χ4n) is 1.25. The van der Waals surface area contributed by atoms with Crippen molar-refractivity contribution in [1.29, 1.82) is 0 Å². The van der Waals surface area contributed by atoms with Gasteiger partial charge in [-0.05, 0) is 34.6 Å². The minimum absolute atomic E-state index is 0.176. The van der Waals surface area contributed by atoms with E-state index in [0.717, 1.165) is 0 Å². The number of hydrogen-bond donors (Lipinski definition) is 20. The van der Waals surface area contributed by atoms with Crippen molar-refractivity contribution >= 4 is 29.8 Å². The summed E-state index contributed by atoms with van der Waals surface area (Å²) in [6.45, 7) is 18.4. The number of aliphatic carboxylic acids is 3. The molecule has 0 aliphatic carbocycles. The lowest BCUT2D eigenvalue weighted by molar-refractivity contribution is -0.154. The monoisotopic (exact) mass is 990 g/mol. The Bertz CT molecular complexity index is 1100. The molecule has 27 nitrogen and oxygen atoms in total. The van der Waals surface area contributed by atoms with Crippen molar-refractivity contribution in [1.82, 2.24) is 0 Å². The lowest BCUT2D eigenvalue weighted by Gasteiger charge is -2.28. The zero-order chi connectivity index (χ0) is 55.5. The molecular formula is C40H78O27. The number of carboxylic acid groups (broad SMARTS) is 3. The highest BCUT2D eigenvalue weighted by Crippen LogP contribution is 2.18. The maximum Gasteiger partial charge on any atom is 0.333 e. The number of esters is 2. The van der Waals surface area contributed by atoms with Gasteiger partial charge in [-0.1, -0.05) is 32.9 Å². The van der Waals surface area contributed by atoms with E-state index in [1.165, 1.54) is 34.6 Å². The lowest BCUT2D eigenvalue weighted by atomic mass is 9.92. The van der Waals surface area contributed by atoms with Crippen molar-refractivity contribution in [2.24, 2.45) is 5.41 Å². The largest absolute Gasteiger partial charge is 0.478 e. The summed E-state index contributed by atoms with van der Waals surface area (Å²) in [5.41, 5.74) is -0.316. The Labute approximate surface area is 388 Å². The van der Waals surface area contributed by atoms with Gasteiger partial charge in [0.05, 0.1) is 84.7 Å². The normalized spacial score (nSPS) is 9.54. The summed E-state index contributed by atoms with van der Waals surface area (Å²) in [6, 6.07) is 0. The van der Waals surface area contributed by atoms with Crippen LogP contribution in [0.3, 0.4) is 0 Å². The van der Waals surface area contributed by atoms with E-state index >= 15 is 0 Å². The van der Waals surface area contributed by atoms with Crippen LogP contribution in [0, 0.1) is 5.41 Å².